The fourth-order valence-corrected chi connectivity index (χ4v) is 3.42. The molecule has 1 atom stereocenters. The van der Waals surface area contributed by atoms with Crippen LogP contribution in [0.5, 0.6) is 0 Å². The van der Waals surface area contributed by atoms with E-state index in [0.717, 1.165) is 11.1 Å². The molecule has 0 aliphatic heterocycles. The Morgan fingerprint density at radius 2 is 2.00 bits per heavy atom. The lowest BCUT2D eigenvalue weighted by molar-refractivity contribution is -0.115. The summed E-state index contributed by atoms with van der Waals surface area (Å²) in [6, 6.07) is 15.1. The van der Waals surface area contributed by atoms with Crippen LogP contribution in [0.3, 0.4) is 0 Å². The zero-order chi connectivity index (χ0) is 17.8. The van der Waals surface area contributed by atoms with E-state index >= 15 is 0 Å². The second-order valence-electron chi connectivity index (χ2n) is 5.59. The van der Waals surface area contributed by atoms with E-state index in [-0.39, 0.29) is 5.91 Å². The molecule has 7 heteroatoms. The SMILES string of the molecule is Cc1ccc(NC(=O)[C@@H](Sc2nncn2C)c2ccccc2)cc1Cl. The number of aromatic nitrogens is 3. The van der Waals surface area contributed by atoms with Gasteiger partial charge in [-0.3, -0.25) is 4.79 Å². The van der Waals surface area contributed by atoms with Crippen LogP contribution in [0.25, 0.3) is 0 Å². The van der Waals surface area contributed by atoms with Gasteiger partial charge in [0.25, 0.3) is 0 Å². The first-order chi connectivity index (χ1) is 12.0. The molecule has 0 radical (unpaired) electrons. The molecular formula is C18H17ClN4OS. The van der Waals surface area contributed by atoms with Crippen LogP contribution in [0.15, 0.2) is 60.0 Å². The molecule has 0 aliphatic carbocycles. The van der Waals surface area contributed by atoms with Gasteiger partial charge in [-0.1, -0.05) is 59.8 Å². The molecule has 1 amide bonds. The highest BCUT2D eigenvalue weighted by molar-refractivity contribution is 8.00. The van der Waals surface area contributed by atoms with E-state index < -0.39 is 5.25 Å². The quantitative estimate of drug-likeness (QED) is 0.680. The molecule has 0 saturated heterocycles. The maximum Gasteiger partial charge on any atom is 0.242 e. The van der Waals surface area contributed by atoms with Crippen LogP contribution in [0.1, 0.15) is 16.4 Å². The Balaban J connectivity index is 1.86. The lowest BCUT2D eigenvalue weighted by Gasteiger charge is -2.16. The van der Waals surface area contributed by atoms with Crippen LogP contribution in [0.4, 0.5) is 5.69 Å². The summed E-state index contributed by atoms with van der Waals surface area (Å²) in [6.45, 7) is 1.92. The minimum atomic E-state index is -0.454. The summed E-state index contributed by atoms with van der Waals surface area (Å²) in [7, 11) is 1.85. The molecule has 0 aliphatic rings. The van der Waals surface area contributed by atoms with Gasteiger partial charge in [-0.25, -0.2) is 0 Å². The molecule has 0 bridgehead atoms. The number of nitrogens with one attached hydrogen (secondary N) is 1. The van der Waals surface area contributed by atoms with E-state index in [1.165, 1.54) is 11.8 Å². The van der Waals surface area contributed by atoms with E-state index in [2.05, 4.69) is 15.5 Å². The van der Waals surface area contributed by atoms with E-state index in [1.807, 2.05) is 56.4 Å². The lowest BCUT2D eigenvalue weighted by atomic mass is 10.1. The van der Waals surface area contributed by atoms with Gasteiger partial charge in [-0.15, -0.1) is 10.2 Å². The predicted molar refractivity (Wildman–Crippen MR) is 101 cm³/mol. The molecule has 0 fully saturated rings. The van der Waals surface area contributed by atoms with Crippen LogP contribution < -0.4 is 5.32 Å². The van der Waals surface area contributed by atoms with Crippen molar-refractivity contribution >= 4 is 35.0 Å². The van der Waals surface area contributed by atoms with Crippen LogP contribution in [-0.2, 0) is 11.8 Å². The highest BCUT2D eigenvalue weighted by Crippen LogP contribution is 2.35. The zero-order valence-corrected chi connectivity index (χ0v) is 15.4. The highest BCUT2D eigenvalue weighted by atomic mass is 35.5. The van der Waals surface area contributed by atoms with Gasteiger partial charge in [0.15, 0.2) is 5.16 Å². The maximum absolute atomic E-state index is 12.9. The van der Waals surface area contributed by atoms with Crippen molar-refractivity contribution in [2.45, 2.75) is 17.3 Å². The van der Waals surface area contributed by atoms with E-state index in [1.54, 1.807) is 17.0 Å². The molecular weight excluding hydrogens is 356 g/mol. The Bertz CT molecular complexity index is 882. The first kappa shape index (κ1) is 17.5. The normalized spacial score (nSPS) is 12.0. The van der Waals surface area contributed by atoms with E-state index in [0.29, 0.717) is 15.9 Å². The van der Waals surface area contributed by atoms with Gasteiger partial charge in [0.2, 0.25) is 5.91 Å². The molecule has 0 unspecified atom stereocenters. The Kier molecular flexibility index (Phi) is 5.40. The summed E-state index contributed by atoms with van der Waals surface area (Å²) < 4.78 is 1.79. The predicted octanol–water partition coefficient (Wildman–Crippen LogP) is 4.25. The highest BCUT2D eigenvalue weighted by Gasteiger charge is 2.24. The largest absolute Gasteiger partial charge is 0.325 e. The van der Waals surface area contributed by atoms with Gasteiger partial charge >= 0.3 is 0 Å². The minimum absolute atomic E-state index is 0.140. The molecule has 128 valence electrons. The summed E-state index contributed by atoms with van der Waals surface area (Å²) in [5.74, 6) is -0.140. The van der Waals surface area contributed by atoms with Gasteiger partial charge in [0, 0.05) is 17.8 Å². The number of benzene rings is 2. The van der Waals surface area contributed by atoms with Crippen molar-refractivity contribution in [3.63, 3.8) is 0 Å². The number of hydrogen-bond donors (Lipinski definition) is 1. The fourth-order valence-electron chi connectivity index (χ4n) is 2.26. The number of carbonyl (C=O) groups is 1. The van der Waals surface area contributed by atoms with Crippen molar-refractivity contribution in [2.24, 2.45) is 7.05 Å². The number of hydrogen-bond acceptors (Lipinski definition) is 4. The zero-order valence-electron chi connectivity index (χ0n) is 13.8. The van der Waals surface area contributed by atoms with Crippen LogP contribution in [0, 0.1) is 6.92 Å². The fraction of sp³-hybridized carbons (Fsp3) is 0.167. The number of anilines is 1. The third kappa shape index (κ3) is 4.21. The standard InChI is InChI=1S/C18H17ClN4OS/c1-12-8-9-14(10-15(12)19)21-17(24)16(13-6-4-3-5-7-13)25-18-22-20-11-23(18)2/h3-11,16H,1-2H3,(H,21,24)/t16-/m0/s1. The number of halogens is 1. The number of nitrogens with zero attached hydrogens (tertiary/aromatic N) is 3. The molecule has 1 N–H and O–H groups in total. The third-order valence-corrected chi connectivity index (χ3v) is 5.38. The molecule has 3 aromatic rings. The Morgan fingerprint density at radius 1 is 1.24 bits per heavy atom. The Labute approximate surface area is 155 Å². The number of aryl methyl sites for hydroxylation is 2. The topological polar surface area (TPSA) is 59.8 Å². The first-order valence-electron chi connectivity index (χ1n) is 7.67. The van der Waals surface area contributed by atoms with Gasteiger partial charge in [0.05, 0.1) is 0 Å². The van der Waals surface area contributed by atoms with Gasteiger partial charge in [-0.05, 0) is 30.2 Å². The summed E-state index contributed by atoms with van der Waals surface area (Å²) >= 11 is 7.51. The number of carbonyl (C=O) groups excluding carboxylic acids is 1. The number of rotatable bonds is 5. The molecule has 0 saturated carbocycles. The monoisotopic (exact) mass is 372 g/mol. The summed E-state index contributed by atoms with van der Waals surface area (Å²) in [6.07, 6.45) is 1.61. The molecule has 3 rings (SSSR count). The molecule has 5 nitrogen and oxygen atoms in total. The minimum Gasteiger partial charge on any atom is -0.325 e. The van der Waals surface area contributed by atoms with Crippen molar-refractivity contribution < 1.29 is 4.79 Å². The van der Waals surface area contributed by atoms with Crippen LogP contribution in [0.2, 0.25) is 5.02 Å². The van der Waals surface area contributed by atoms with Crippen molar-refractivity contribution in [1.29, 1.82) is 0 Å². The molecule has 2 aromatic carbocycles. The third-order valence-electron chi connectivity index (χ3n) is 3.67. The van der Waals surface area contributed by atoms with Crippen molar-refractivity contribution in [1.82, 2.24) is 14.8 Å². The molecule has 1 heterocycles. The van der Waals surface area contributed by atoms with Crippen molar-refractivity contribution in [3.8, 4) is 0 Å². The van der Waals surface area contributed by atoms with Gasteiger partial charge < -0.3 is 9.88 Å². The number of amides is 1. The van der Waals surface area contributed by atoms with Crippen LogP contribution >= 0.6 is 23.4 Å². The second kappa shape index (κ2) is 7.72. The number of thioether (sulfide) groups is 1. The van der Waals surface area contributed by atoms with Crippen molar-refractivity contribution in [3.05, 3.63) is 71.0 Å². The summed E-state index contributed by atoms with van der Waals surface area (Å²) in [5.41, 5.74) is 2.53. The summed E-state index contributed by atoms with van der Waals surface area (Å²) in [4.78, 5) is 12.9. The second-order valence-corrected chi connectivity index (χ2v) is 7.07. The Hall–Kier alpha value is -2.31. The Morgan fingerprint density at radius 3 is 2.64 bits per heavy atom. The van der Waals surface area contributed by atoms with Crippen molar-refractivity contribution in [2.75, 3.05) is 5.32 Å². The van der Waals surface area contributed by atoms with Gasteiger partial charge in [0.1, 0.15) is 11.6 Å². The molecule has 1 aromatic heterocycles. The summed E-state index contributed by atoms with van der Waals surface area (Å²) in [5, 5.41) is 11.7. The average molecular weight is 373 g/mol. The first-order valence-corrected chi connectivity index (χ1v) is 8.93. The molecule has 25 heavy (non-hydrogen) atoms. The van der Waals surface area contributed by atoms with Gasteiger partial charge in [-0.2, -0.15) is 0 Å². The molecule has 0 spiro atoms. The smallest absolute Gasteiger partial charge is 0.242 e. The van der Waals surface area contributed by atoms with E-state index in [9.17, 15) is 4.79 Å². The van der Waals surface area contributed by atoms with Crippen LogP contribution in [-0.4, -0.2) is 20.7 Å². The van der Waals surface area contributed by atoms with E-state index in [4.69, 9.17) is 11.6 Å². The maximum atomic E-state index is 12.9. The lowest BCUT2D eigenvalue weighted by Crippen LogP contribution is -2.19. The average Bonchev–Trinajstić information content (AvgIpc) is 3.01.